The minimum atomic E-state index is -0.983. The van der Waals surface area contributed by atoms with Gasteiger partial charge in [-0.2, -0.15) is 0 Å². The number of rotatable bonds is 3. The predicted molar refractivity (Wildman–Crippen MR) is 76.5 cm³/mol. The molecule has 1 fully saturated rings. The number of thiazole rings is 1. The summed E-state index contributed by atoms with van der Waals surface area (Å²) in [7, 11) is 0. The molecule has 8 heteroatoms. The van der Waals surface area contributed by atoms with Gasteiger partial charge in [0.2, 0.25) is 5.13 Å². The van der Waals surface area contributed by atoms with E-state index in [1.165, 1.54) is 22.3 Å². The van der Waals surface area contributed by atoms with Crippen LogP contribution in [-0.2, 0) is 11.3 Å². The fourth-order valence-electron chi connectivity index (χ4n) is 2.16. The number of aromatic nitrogens is 1. The molecule has 1 saturated heterocycles. The van der Waals surface area contributed by atoms with Crippen LogP contribution in [0.2, 0.25) is 0 Å². The Balaban J connectivity index is 1.80. The summed E-state index contributed by atoms with van der Waals surface area (Å²) in [6.07, 6.45) is 0. The molecule has 0 bridgehead atoms. The first kappa shape index (κ1) is 14.6. The molecule has 1 aromatic carbocycles. The molecule has 0 unspecified atom stereocenters. The molecule has 3 rings (SSSR count). The molecule has 0 saturated carbocycles. The van der Waals surface area contributed by atoms with Crippen molar-refractivity contribution in [2.45, 2.75) is 13.5 Å². The summed E-state index contributed by atoms with van der Waals surface area (Å²) in [6.45, 7) is 1.68. The summed E-state index contributed by atoms with van der Waals surface area (Å²) in [5.41, 5.74) is 1.14. The Bertz CT molecular complexity index is 762. The molecule has 22 heavy (non-hydrogen) atoms. The lowest BCUT2D eigenvalue weighted by Gasteiger charge is -2.15. The normalized spacial score (nSPS) is 15.0. The lowest BCUT2D eigenvalue weighted by atomic mass is 10.2. The van der Waals surface area contributed by atoms with E-state index >= 15 is 0 Å². The van der Waals surface area contributed by atoms with Gasteiger partial charge >= 0.3 is 6.03 Å². The first-order chi connectivity index (χ1) is 10.5. The first-order valence-electron chi connectivity index (χ1n) is 6.43. The Labute approximate surface area is 128 Å². The fourth-order valence-corrected chi connectivity index (χ4v) is 2.98. The third-order valence-corrected chi connectivity index (χ3v) is 4.14. The van der Waals surface area contributed by atoms with Crippen LogP contribution in [0.5, 0.6) is 0 Å². The second kappa shape index (κ2) is 5.45. The zero-order chi connectivity index (χ0) is 15.9. The van der Waals surface area contributed by atoms with Crippen LogP contribution in [0.3, 0.4) is 0 Å². The molecular weight excluding hydrogens is 312 g/mol. The monoisotopic (exact) mass is 323 g/mol. The number of halogens is 2. The maximum Gasteiger partial charge on any atom is 0.334 e. The second-order valence-electron chi connectivity index (χ2n) is 4.89. The third-order valence-electron chi connectivity index (χ3n) is 3.19. The van der Waals surface area contributed by atoms with Crippen molar-refractivity contribution in [3.05, 3.63) is 46.5 Å². The van der Waals surface area contributed by atoms with E-state index in [1.54, 1.807) is 12.3 Å². The van der Waals surface area contributed by atoms with Gasteiger partial charge in [-0.1, -0.05) is 6.07 Å². The zero-order valence-corrected chi connectivity index (χ0v) is 12.4. The van der Waals surface area contributed by atoms with Gasteiger partial charge in [0.15, 0.2) is 11.6 Å². The van der Waals surface area contributed by atoms with Crippen LogP contribution in [0.1, 0.15) is 11.3 Å². The number of carbonyl (C=O) groups is 2. The summed E-state index contributed by atoms with van der Waals surface area (Å²) in [4.78, 5) is 30.7. The lowest BCUT2D eigenvalue weighted by Crippen LogP contribution is -2.32. The van der Waals surface area contributed by atoms with Crippen LogP contribution in [0.4, 0.5) is 18.7 Å². The van der Waals surface area contributed by atoms with Gasteiger partial charge in [0.25, 0.3) is 5.91 Å². The Hall–Kier alpha value is -2.35. The predicted octanol–water partition coefficient (Wildman–Crippen LogP) is 2.70. The van der Waals surface area contributed by atoms with Crippen LogP contribution in [0.15, 0.2) is 23.6 Å². The lowest BCUT2D eigenvalue weighted by molar-refractivity contribution is -0.116. The Morgan fingerprint density at radius 3 is 2.68 bits per heavy atom. The van der Waals surface area contributed by atoms with Crippen molar-refractivity contribution in [3.8, 4) is 0 Å². The highest BCUT2D eigenvalue weighted by molar-refractivity contribution is 7.14. The minimum absolute atomic E-state index is 0.0304. The molecule has 2 heterocycles. The van der Waals surface area contributed by atoms with Crippen molar-refractivity contribution in [2.75, 3.05) is 11.4 Å². The van der Waals surface area contributed by atoms with Gasteiger partial charge in [-0.3, -0.25) is 4.79 Å². The van der Waals surface area contributed by atoms with Gasteiger partial charge in [-0.25, -0.2) is 23.5 Å². The average Bonchev–Trinajstić information content (AvgIpc) is 2.99. The second-order valence-corrected chi connectivity index (χ2v) is 5.72. The van der Waals surface area contributed by atoms with E-state index in [2.05, 4.69) is 4.98 Å². The number of nitrogens with zero attached hydrogens (tertiary/aromatic N) is 3. The van der Waals surface area contributed by atoms with Crippen LogP contribution in [-0.4, -0.2) is 28.4 Å². The first-order valence-corrected chi connectivity index (χ1v) is 7.31. The topological polar surface area (TPSA) is 53.5 Å². The quantitative estimate of drug-likeness (QED) is 0.816. The molecule has 2 aromatic rings. The maximum atomic E-state index is 13.2. The Morgan fingerprint density at radius 1 is 1.27 bits per heavy atom. The number of benzene rings is 1. The van der Waals surface area contributed by atoms with Crippen LogP contribution < -0.4 is 4.90 Å². The summed E-state index contributed by atoms with van der Waals surface area (Å²) in [6, 6.07) is 2.88. The maximum absolute atomic E-state index is 13.2. The Kier molecular flexibility index (Phi) is 3.61. The van der Waals surface area contributed by atoms with Crippen molar-refractivity contribution in [2.24, 2.45) is 0 Å². The van der Waals surface area contributed by atoms with Crippen molar-refractivity contribution in [1.82, 2.24) is 9.88 Å². The standard InChI is InChI=1S/C14H11F2N3O2S/c1-8-7-22-13(17-8)19-12(20)6-18(14(19)21)5-9-2-3-10(15)11(16)4-9/h2-4,7H,5-6H2,1H3. The van der Waals surface area contributed by atoms with E-state index in [0.717, 1.165) is 22.7 Å². The highest BCUT2D eigenvalue weighted by atomic mass is 32.1. The van der Waals surface area contributed by atoms with Gasteiger partial charge in [0.1, 0.15) is 6.54 Å². The molecule has 0 aliphatic carbocycles. The summed E-state index contributed by atoms with van der Waals surface area (Å²) in [5, 5.41) is 2.06. The number of hydrogen-bond acceptors (Lipinski definition) is 4. The zero-order valence-electron chi connectivity index (χ0n) is 11.5. The van der Waals surface area contributed by atoms with Crippen molar-refractivity contribution < 1.29 is 18.4 Å². The number of hydrogen-bond donors (Lipinski definition) is 0. The number of urea groups is 1. The summed E-state index contributed by atoms with van der Waals surface area (Å²) < 4.78 is 26.1. The molecule has 0 radical (unpaired) electrons. The van der Waals surface area contributed by atoms with Crippen LogP contribution in [0.25, 0.3) is 0 Å². The molecule has 114 valence electrons. The molecule has 1 aliphatic heterocycles. The van der Waals surface area contributed by atoms with Crippen LogP contribution >= 0.6 is 11.3 Å². The molecule has 1 aromatic heterocycles. The summed E-state index contributed by atoms with van der Waals surface area (Å²) in [5.74, 6) is -2.32. The van der Waals surface area contributed by atoms with Gasteiger partial charge in [0.05, 0.1) is 5.69 Å². The number of carbonyl (C=O) groups excluding carboxylic acids is 2. The van der Waals surface area contributed by atoms with E-state index in [4.69, 9.17) is 0 Å². The molecular formula is C14H11F2N3O2S. The highest BCUT2D eigenvalue weighted by Gasteiger charge is 2.38. The number of imide groups is 1. The van der Waals surface area contributed by atoms with Gasteiger partial charge in [-0.15, -0.1) is 11.3 Å². The van der Waals surface area contributed by atoms with Gasteiger partial charge in [0, 0.05) is 11.9 Å². The molecule has 1 aliphatic rings. The van der Waals surface area contributed by atoms with Crippen molar-refractivity contribution in [1.29, 1.82) is 0 Å². The van der Waals surface area contributed by atoms with Gasteiger partial charge in [-0.05, 0) is 24.6 Å². The van der Waals surface area contributed by atoms with Crippen molar-refractivity contribution in [3.63, 3.8) is 0 Å². The SMILES string of the molecule is Cc1csc(N2C(=O)CN(Cc3ccc(F)c(F)c3)C2=O)n1. The molecule has 5 nitrogen and oxygen atoms in total. The van der Waals surface area contributed by atoms with E-state index in [-0.39, 0.29) is 19.0 Å². The fraction of sp³-hybridized carbons (Fsp3) is 0.214. The van der Waals surface area contributed by atoms with E-state index < -0.39 is 17.7 Å². The minimum Gasteiger partial charge on any atom is -0.310 e. The van der Waals surface area contributed by atoms with Crippen molar-refractivity contribution >= 4 is 28.4 Å². The molecule has 0 N–H and O–H groups in total. The highest BCUT2D eigenvalue weighted by Crippen LogP contribution is 2.26. The van der Waals surface area contributed by atoms with E-state index in [1.807, 2.05) is 0 Å². The molecule has 3 amide bonds. The number of aryl methyl sites for hydroxylation is 1. The Morgan fingerprint density at radius 2 is 2.05 bits per heavy atom. The smallest absolute Gasteiger partial charge is 0.310 e. The number of amides is 3. The third kappa shape index (κ3) is 2.57. The van der Waals surface area contributed by atoms with Gasteiger partial charge < -0.3 is 4.90 Å². The van der Waals surface area contributed by atoms with Crippen LogP contribution in [0, 0.1) is 18.6 Å². The molecule has 0 atom stereocenters. The van der Waals surface area contributed by atoms with E-state index in [0.29, 0.717) is 10.7 Å². The molecule has 0 spiro atoms. The average molecular weight is 323 g/mol. The largest absolute Gasteiger partial charge is 0.334 e. The number of anilines is 1. The summed E-state index contributed by atoms with van der Waals surface area (Å²) >= 11 is 1.20. The van der Waals surface area contributed by atoms with E-state index in [9.17, 15) is 18.4 Å².